The lowest BCUT2D eigenvalue weighted by molar-refractivity contribution is -0.348. The predicted molar refractivity (Wildman–Crippen MR) is 250 cm³/mol. The molecule has 388 valence electrons. The molecule has 3 heterocycles. The number of aliphatic carboxylic acids is 1. The van der Waals surface area contributed by atoms with Crippen LogP contribution in [0.2, 0.25) is 0 Å². The molecule has 1 aromatic heterocycles. The van der Waals surface area contributed by atoms with E-state index in [-0.39, 0.29) is 55.8 Å². The first-order chi connectivity index (χ1) is 32.6. The van der Waals surface area contributed by atoms with Crippen LogP contribution in [-0.2, 0) is 19.1 Å². The van der Waals surface area contributed by atoms with Gasteiger partial charge in [0.15, 0.2) is 6.29 Å². The van der Waals surface area contributed by atoms with Crippen LogP contribution in [0.25, 0.3) is 0 Å². The number of allylic oxidation sites excluding steroid dienone is 2. The van der Waals surface area contributed by atoms with Crippen LogP contribution >= 0.6 is 0 Å². The second-order valence-electron chi connectivity index (χ2n) is 24.7. The Morgan fingerprint density at radius 1 is 0.957 bits per heavy atom. The first-order valence-electron chi connectivity index (χ1n) is 26.1. The van der Waals surface area contributed by atoms with Crippen molar-refractivity contribution in [2.45, 2.75) is 185 Å². The first-order valence-corrected chi connectivity index (χ1v) is 26.1. The molecular formula is C52H82N4O13. The minimum Gasteiger partial charge on any atom is -0.481 e. The summed E-state index contributed by atoms with van der Waals surface area (Å²) in [6, 6.07) is -0.362. The standard InChI is InChI=1S/C52H82N4O13/c1-46(25-58)20-31-28-10-11-34-48(3,47(28,2)16-17-52(31,45(66)67)36(60)21-46)15-12-35-49(34,4)30(39(62)42(50(35,5)37(61)23-57)69-43-41(64)40(63)33(59)24-68-43)19-29-38(56-44(65)51(29)13-6-7-14-51)27(9-8-18-53)32-22-54-26-55-32/h10,22,26-27,29-31,33-43,57-64H,6-9,11-21,23-25,53H2,1-5H3,(H,54,55)(H,56,65)(H,66,67)/t27-,29-,30-,31+,33-,34+,35+,36+,37-,38-,39-,40+,41-,42-,43+,46-,47-,48-,49-,50-,52+/m1/s1. The number of nitrogens with two attached hydrogens (primary N) is 1. The summed E-state index contributed by atoms with van der Waals surface area (Å²) in [5, 5.41) is 107. The molecule has 5 saturated carbocycles. The van der Waals surface area contributed by atoms with Gasteiger partial charge in [-0.1, -0.05) is 59.1 Å². The molecule has 13 N–H and O–H groups in total. The number of amides is 1. The van der Waals surface area contributed by atoms with Crippen molar-refractivity contribution in [2.75, 3.05) is 26.4 Å². The number of aromatic amines is 1. The molecule has 1 amide bonds. The molecular weight excluding hydrogens is 889 g/mol. The number of hydrogen-bond acceptors (Lipinski definition) is 14. The zero-order valence-corrected chi connectivity index (χ0v) is 41.3. The molecule has 1 aromatic rings. The van der Waals surface area contributed by atoms with Crippen LogP contribution < -0.4 is 11.1 Å². The number of rotatable bonds is 13. The Balaban J connectivity index is 1.22. The normalized spacial score (nSPS) is 48.9. The Morgan fingerprint density at radius 3 is 2.32 bits per heavy atom. The topological polar surface area (TPSA) is 301 Å². The molecule has 2 saturated heterocycles. The number of carboxylic acids is 1. The van der Waals surface area contributed by atoms with Crippen molar-refractivity contribution in [2.24, 2.45) is 73.2 Å². The SMILES string of the molecule is C[C@]1(CO)C[C@H](O)[C@]2(C(=O)O)CC[C@]3(C)C(=CC[C@@H]4[C@]5(C)[C@H](CC[C@]43C)[C@](C)([C@H](O)CO)[C@H](O[C@@H]3OC[C@@H](O)[C@H](O)[C@H]3O)[C@H](O)[C@H]5C[C@@H]3[C@@H]([C@H](CCCN)c4cnc[nH]4)NC(=O)C34CCCC4)[C@@H]2C1. The Labute approximate surface area is 406 Å². The third-order valence-corrected chi connectivity index (χ3v) is 22.0. The fraction of sp³-hybridized carbons (Fsp3) is 0.865. The van der Waals surface area contributed by atoms with Crippen LogP contribution in [0.3, 0.4) is 0 Å². The summed E-state index contributed by atoms with van der Waals surface area (Å²) in [7, 11) is 0. The van der Waals surface area contributed by atoms with E-state index in [0.29, 0.717) is 70.8 Å². The molecule has 0 radical (unpaired) electrons. The number of carboxylic acid groups (broad SMARTS) is 1. The minimum atomic E-state index is -1.70. The number of aromatic nitrogens is 2. The number of imidazole rings is 1. The molecule has 17 nitrogen and oxygen atoms in total. The van der Waals surface area contributed by atoms with Crippen molar-refractivity contribution in [3.63, 3.8) is 0 Å². The van der Waals surface area contributed by atoms with E-state index in [1.807, 2.05) is 13.8 Å². The highest BCUT2D eigenvalue weighted by molar-refractivity contribution is 5.86. The summed E-state index contributed by atoms with van der Waals surface area (Å²) in [5.41, 5.74) is 1.84. The van der Waals surface area contributed by atoms with Crippen LogP contribution in [0, 0.1) is 67.5 Å². The van der Waals surface area contributed by atoms with Crippen molar-refractivity contribution in [3.8, 4) is 0 Å². The molecule has 2 aliphatic heterocycles. The molecule has 0 bridgehead atoms. The minimum absolute atomic E-state index is 0.00113. The molecule has 1 spiro atoms. The van der Waals surface area contributed by atoms with Gasteiger partial charge in [0.2, 0.25) is 5.91 Å². The number of aliphatic hydroxyl groups is 8. The Bertz CT molecular complexity index is 2090. The molecule has 17 heteroatoms. The number of nitrogens with one attached hydrogen (secondary N) is 2. The van der Waals surface area contributed by atoms with E-state index in [1.54, 1.807) is 12.5 Å². The highest BCUT2D eigenvalue weighted by atomic mass is 16.7. The van der Waals surface area contributed by atoms with Crippen LogP contribution in [0.15, 0.2) is 24.2 Å². The van der Waals surface area contributed by atoms with Gasteiger partial charge in [0, 0.05) is 35.9 Å². The molecule has 7 fully saturated rings. The summed E-state index contributed by atoms with van der Waals surface area (Å²) in [4.78, 5) is 36.1. The number of carbonyl (C=O) groups is 2. The molecule has 6 aliphatic carbocycles. The van der Waals surface area contributed by atoms with Gasteiger partial charge in [-0.15, -0.1) is 0 Å². The monoisotopic (exact) mass is 971 g/mol. The second kappa shape index (κ2) is 18.1. The highest BCUT2D eigenvalue weighted by Gasteiger charge is 2.75. The van der Waals surface area contributed by atoms with Crippen molar-refractivity contribution >= 4 is 11.9 Å². The summed E-state index contributed by atoms with van der Waals surface area (Å²) >= 11 is 0. The largest absolute Gasteiger partial charge is 0.481 e. The van der Waals surface area contributed by atoms with Crippen LogP contribution in [0.1, 0.15) is 136 Å². The number of H-pyrrole nitrogens is 1. The van der Waals surface area contributed by atoms with Crippen LogP contribution in [0.5, 0.6) is 0 Å². The van der Waals surface area contributed by atoms with Gasteiger partial charge in [-0.25, -0.2) is 4.98 Å². The highest BCUT2D eigenvalue weighted by Crippen LogP contribution is 2.78. The number of ether oxygens (including phenoxy) is 2. The molecule has 0 unspecified atom stereocenters. The molecule has 0 aromatic carbocycles. The average Bonchev–Trinajstić information content (AvgIpc) is 4.09. The van der Waals surface area contributed by atoms with Crippen molar-refractivity contribution in [3.05, 3.63) is 29.9 Å². The Kier molecular flexibility index (Phi) is 13.5. The fourth-order valence-corrected chi connectivity index (χ4v) is 17.9. The number of aliphatic hydroxyl groups excluding tert-OH is 8. The van der Waals surface area contributed by atoms with E-state index in [1.165, 1.54) is 0 Å². The van der Waals surface area contributed by atoms with Crippen molar-refractivity contribution in [1.82, 2.24) is 15.3 Å². The van der Waals surface area contributed by atoms with E-state index >= 15 is 0 Å². The lowest BCUT2D eigenvalue weighted by Gasteiger charge is -2.74. The third kappa shape index (κ3) is 7.26. The van der Waals surface area contributed by atoms with Gasteiger partial charge in [0.1, 0.15) is 23.7 Å². The van der Waals surface area contributed by atoms with Gasteiger partial charge in [-0.2, -0.15) is 0 Å². The quantitative estimate of drug-likeness (QED) is 0.0999. The average molecular weight is 971 g/mol. The summed E-state index contributed by atoms with van der Waals surface area (Å²) in [6.45, 7) is 9.78. The smallest absolute Gasteiger partial charge is 0.312 e. The summed E-state index contributed by atoms with van der Waals surface area (Å²) in [6.07, 6.45) is 2.03. The maximum Gasteiger partial charge on any atom is 0.312 e. The van der Waals surface area contributed by atoms with Gasteiger partial charge >= 0.3 is 5.97 Å². The Hall–Kier alpha value is -2.55. The predicted octanol–water partition coefficient (Wildman–Crippen LogP) is 2.48. The number of fused-ring (bicyclic) bond motifs is 7. The van der Waals surface area contributed by atoms with Crippen molar-refractivity contribution in [1.29, 1.82) is 0 Å². The molecule has 9 rings (SSSR count). The van der Waals surface area contributed by atoms with Gasteiger partial charge in [-0.05, 0) is 135 Å². The summed E-state index contributed by atoms with van der Waals surface area (Å²) < 4.78 is 12.6. The van der Waals surface area contributed by atoms with Gasteiger partial charge < -0.3 is 71.5 Å². The van der Waals surface area contributed by atoms with Crippen molar-refractivity contribution < 1.29 is 65.0 Å². The van der Waals surface area contributed by atoms with E-state index in [9.17, 15) is 55.5 Å². The van der Waals surface area contributed by atoms with E-state index in [4.69, 9.17) is 15.2 Å². The lowest BCUT2D eigenvalue weighted by atomic mass is 9.31. The maximum absolute atomic E-state index is 14.8. The second-order valence-corrected chi connectivity index (χ2v) is 24.7. The number of hydrogen-bond donors (Lipinski definition) is 12. The van der Waals surface area contributed by atoms with Crippen LogP contribution in [0.4, 0.5) is 0 Å². The molecule has 69 heavy (non-hydrogen) atoms. The van der Waals surface area contributed by atoms with Gasteiger partial charge in [0.25, 0.3) is 0 Å². The van der Waals surface area contributed by atoms with Gasteiger partial charge in [0.05, 0.1) is 49.4 Å². The summed E-state index contributed by atoms with van der Waals surface area (Å²) in [5.74, 6) is -3.30. The molecule has 8 aliphatic rings. The zero-order chi connectivity index (χ0) is 49.9. The first kappa shape index (κ1) is 51.4. The number of carbonyl (C=O) groups excluding carboxylic acids is 1. The Morgan fingerprint density at radius 2 is 1.68 bits per heavy atom. The van der Waals surface area contributed by atoms with Crippen LogP contribution in [-0.4, -0.2) is 149 Å². The maximum atomic E-state index is 14.8. The number of nitrogens with zero attached hydrogens (tertiary/aromatic N) is 1. The third-order valence-electron chi connectivity index (χ3n) is 22.0. The van der Waals surface area contributed by atoms with E-state index < -0.39 is 117 Å². The van der Waals surface area contributed by atoms with E-state index in [2.05, 4.69) is 42.1 Å². The molecule has 21 atom stereocenters. The fourth-order valence-electron chi connectivity index (χ4n) is 17.9. The lowest BCUT2D eigenvalue weighted by Crippen LogP contribution is -2.74. The van der Waals surface area contributed by atoms with E-state index in [0.717, 1.165) is 24.1 Å². The van der Waals surface area contributed by atoms with Gasteiger partial charge in [-0.3, -0.25) is 9.59 Å². The zero-order valence-electron chi connectivity index (χ0n) is 41.3.